The van der Waals surface area contributed by atoms with Crippen LogP contribution < -0.4 is 4.74 Å². The summed E-state index contributed by atoms with van der Waals surface area (Å²) in [6, 6.07) is 4.02. The molecule has 0 saturated carbocycles. The van der Waals surface area contributed by atoms with E-state index in [0.717, 1.165) is 31.1 Å². The van der Waals surface area contributed by atoms with E-state index in [2.05, 4.69) is 28.7 Å². The van der Waals surface area contributed by atoms with Crippen LogP contribution in [0.15, 0.2) is 12.1 Å². The molecule has 2 aliphatic rings. The van der Waals surface area contributed by atoms with Crippen molar-refractivity contribution in [2.45, 2.75) is 32.4 Å². The molecular formula is C20H31ClFN3O. The molecule has 1 unspecified atom stereocenters. The highest BCUT2D eigenvalue weighted by Crippen LogP contribution is 2.30. The summed E-state index contributed by atoms with van der Waals surface area (Å²) in [5.74, 6) is 0.509. The molecule has 3 rings (SSSR count). The van der Waals surface area contributed by atoms with E-state index in [9.17, 15) is 4.39 Å². The summed E-state index contributed by atoms with van der Waals surface area (Å²) in [7, 11) is 3.64. The second kappa shape index (κ2) is 8.87. The van der Waals surface area contributed by atoms with Crippen molar-refractivity contribution in [2.75, 3.05) is 53.4 Å². The van der Waals surface area contributed by atoms with E-state index >= 15 is 0 Å². The number of piperidine rings is 1. The summed E-state index contributed by atoms with van der Waals surface area (Å²) < 4.78 is 19.0. The van der Waals surface area contributed by atoms with Crippen molar-refractivity contribution in [3.63, 3.8) is 0 Å². The Labute approximate surface area is 161 Å². The third-order valence-corrected chi connectivity index (χ3v) is 6.38. The van der Waals surface area contributed by atoms with Gasteiger partial charge in [0.25, 0.3) is 0 Å². The lowest BCUT2D eigenvalue weighted by atomic mass is 9.89. The standard InChI is InChI=1S/C20H31ClFN3O/c1-15(25-10-8-23(2)9-11-25)17-4-6-24(7-5-17)14-16-12-18(21)20(26-3)19(22)13-16/h12-13,15,17H,4-11,14H2,1-3H3. The quantitative estimate of drug-likeness (QED) is 0.776. The average molecular weight is 384 g/mol. The van der Waals surface area contributed by atoms with Gasteiger partial charge in [-0.1, -0.05) is 11.6 Å². The maximum Gasteiger partial charge on any atom is 0.173 e. The van der Waals surface area contributed by atoms with Crippen molar-refractivity contribution in [1.82, 2.24) is 14.7 Å². The number of halogens is 2. The maximum atomic E-state index is 14.0. The van der Waals surface area contributed by atoms with Crippen molar-refractivity contribution >= 4 is 11.6 Å². The predicted octanol–water partition coefficient (Wildman–Crippen LogP) is 3.34. The minimum atomic E-state index is -0.381. The normalized spacial score (nSPS) is 22.5. The summed E-state index contributed by atoms with van der Waals surface area (Å²) >= 11 is 6.12. The van der Waals surface area contributed by atoms with Gasteiger partial charge in [0.05, 0.1) is 12.1 Å². The molecule has 0 spiro atoms. The zero-order chi connectivity index (χ0) is 18.7. The number of benzene rings is 1. The van der Waals surface area contributed by atoms with E-state index in [-0.39, 0.29) is 11.6 Å². The molecular weight excluding hydrogens is 353 g/mol. The minimum absolute atomic E-state index is 0.134. The molecule has 26 heavy (non-hydrogen) atoms. The molecule has 2 aliphatic heterocycles. The van der Waals surface area contributed by atoms with Gasteiger partial charge in [-0.05, 0) is 63.5 Å². The Morgan fingerprint density at radius 3 is 2.38 bits per heavy atom. The fraction of sp³-hybridized carbons (Fsp3) is 0.700. The van der Waals surface area contributed by atoms with Gasteiger partial charge in [-0.15, -0.1) is 0 Å². The Bertz CT molecular complexity index is 576. The first-order chi connectivity index (χ1) is 12.5. The lowest BCUT2D eigenvalue weighted by Gasteiger charge is -2.42. The second-order valence-electron chi connectivity index (χ2n) is 7.79. The van der Waals surface area contributed by atoms with E-state index in [1.807, 2.05) is 6.07 Å². The van der Waals surface area contributed by atoms with Gasteiger partial charge < -0.3 is 9.64 Å². The van der Waals surface area contributed by atoms with Crippen LogP contribution in [0.5, 0.6) is 5.75 Å². The van der Waals surface area contributed by atoms with Crippen LogP contribution in [0.25, 0.3) is 0 Å². The number of likely N-dealkylation sites (tertiary alicyclic amines) is 1. The Balaban J connectivity index is 1.51. The van der Waals surface area contributed by atoms with Crippen LogP contribution in [0, 0.1) is 11.7 Å². The van der Waals surface area contributed by atoms with Crippen molar-refractivity contribution in [3.05, 3.63) is 28.5 Å². The minimum Gasteiger partial charge on any atom is -0.492 e. The summed E-state index contributed by atoms with van der Waals surface area (Å²) in [5, 5.41) is 0.348. The summed E-state index contributed by atoms with van der Waals surface area (Å²) in [6.07, 6.45) is 2.42. The Hall–Kier alpha value is -0.880. The van der Waals surface area contributed by atoms with Gasteiger partial charge in [-0.25, -0.2) is 4.39 Å². The summed E-state index contributed by atoms with van der Waals surface area (Å²) in [4.78, 5) is 7.47. The Kier molecular flexibility index (Phi) is 6.78. The van der Waals surface area contributed by atoms with Gasteiger partial charge >= 0.3 is 0 Å². The van der Waals surface area contributed by atoms with Gasteiger partial charge in [-0.2, -0.15) is 0 Å². The highest BCUT2D eigenvalue weighted by Gasteiger charge is 2.29. The number of hydrogen-bond donors (Lipinski definition) is 0. The van der Waals surface area contributed by atoms with Crippen LogP contribution in [0.1, 0.15) is 25.3 Å². The molecule has 1 atom stereocenters. The number of likely N-dealkylation sites (N-methyl/N-ethyl adjacent to an activating group) is 1. The first-order valence-corrected chi connectivity index (χ1v) is 10.0. The van der Waals surface area contributed by atoms with Crippen LogP contribution in [0.4, 0.5) is 4.39 Å². The molecule has 146 valence electrons. The number of nitrogens with zero attached hydrogens (tertiary/aromatic N) is 3. The number of piperazine rings is 1. The lowest BCUT2D eigenvalue weighted by Crippen LogP contribution is -2.51. The SMILES string of the molecule is COc1c(F)cc(CN2CCC(C(C)N3CCN(C)CC3)CC2)cc1Cl. The zero-order valence-electron chi connectivity index (χ0n) is 16.2. The lowest BCUT2D eigenvalue weighted by molar-refractivity contribution is 0.0598. The van der Waals surface area contributed by atoms with E-state index in [1.165, 1.54) is 46.1 Å². The fourth-order valence-electron chi connectivity index (χ4n) is 4.28. The molecule has 2 heterocycles. The molecule has 0 amide bonds. The van der Waals surface area contributed by atoms with Gasteiger partial charge in [0, 0.05) is 38.8 Å². The van der Waals surface area contributed by atoms with Crippen molar-refractivity contribution < 1.29 is 9.13 Å². The maximum absolute atomic E-state index is 14.0. The van der Waals surface area contributed by atoms with Gasteiger partial charge in [-0.3, -0.25) is 9.80 Å². The average Bonchev–Trinajstić information content (AvgIpc) is 2.62. The first kappa shape index (κ1) is 19.9. The molecule has 0 aromatic heterocycles. The third kappa shape index (κ3) is 4.69. The molecule has 1 aromatic rings. The van der Waals surface area contributed by atoms with Gasteiger partial charge in [0.1, 0.15) is 0 Å². The van der Waals surface area contributed by atoms with E-state index in [1.54, 1.807) is 6.07 Å². The number of ether oxygens (including phenoxy) is 1. The number of methoxy groups -OCH3 is 1. The highest BCUT2D eigenvalue weighted by atomic mass is 35.5. The fourth-order valence-corrected chi connectivity index (χ4v) is 4.59. The smallest absolute Gasteiger partial charge is 0.173 e. The molecule has 1 aromatic carbocycles. The van der Waals surface area contributed by atoms with Crippen LogP contribution >= 0.6 is 11.6 Å². The molecule has 2 fully saturated rings. The first-order valence-electron chi connectivity index (χ1n) is 9.64. The Morgan fingerprint density at radius 2 is 1.81 bits per heavy atom. The third-order valence-electron chi connectivity index (χ3n) is 6.10. The van der Waals surface area contributed by atoms with Gasteiger partial charge in [0.2, 0.25) is 0 Å². The number of rotatable bonds is 5. The molecule has 0 bridgehead atoms. The number of hydrogen-bond acceptors (Lipinski definition) is 4. The van der Waals surface area contributed by atoms with Crippen LogP contribution in [-0.2, 0) is 6.54 Å². The molecule has 0 radical (unpaired) electrons. The van der Waals surface area contributed by atoms with E-state index < -0.39 is 0 Å². The van der Waals surface area contributed by atoms with E-state index in [4.69, 9.17) is 16.3 Å². The zero-order valence-corrected chi connectivity index (χ0v) is 16.9. The summed E-state index contributed by atoms with van der Waals surface area (Å²) in [6.45, 7) is 9.98. The second-order valence-corrected chi connectivity index (χ2v) is 8.19. The topological polar surface area (TPSA) is 19.0 Å². The highest BCUT2D eigenvalue weighted by molar-refractivity contribution is 6.32. The Morgan fingerprint density at radius 1 is 1.15 bits per heavy atom. The van der Waals surface area contributed by atoms with E-state index in [0.29, 0.717) is 11.1 Å². The largest absolute Gasteiger partial charge is 0.492 e. The van der Waals surface area contributed by atoms with Gasteiger partial charge in [0.15, 0.2) is 11.6 Å². The van der Waals surface area contributed by atoms with Crippen LogP contribution in [-0.4, -0.2) is 74.2 Å². The van der Waals surface area contributed by atoms with Crippen molar-refractivity contribution in [1.29, 1.82) is 0 Å². The molecule has 6 heteroatoms. The predicted molar refractivity (Wildman–Crippen MR) is 104 cm³/mol. The molecule has 2 saturated heterocycles. The summed E-state index contributed by atoms with van der Waals surface area (Å²) in [5.41, 5.74) is 0.916. The molecule has 0 aliphatic carbocycles. The monoisotopic (exact) mass is 383 g/mol. The van der Waals surface area contributed by atoms with Crippen LogP contribution in [0.2, 0.25) is 5.02 Å². The van der Waals surface area contributed by atoms with Crippen LogP contribution in [0.3, 0.4) is 0 Å². The van der Waals surface area contributed by atoms with Crippen molar-refractivity contribution in [2.24, 2.45) is 5.92 Å². The van der Waals surface area contributed by atoms with Crippen molar-refractivity contribution in [3.8, 4) is 5.75 Å². The molecule has 4 nitrogen and oxygen atoms in total. The molecule has 0 N–H and O–H groups in total.